The highest BCUT2D eigenvalue weighted by Gasteiger charge is 2.18. The topological polar surface area (TPSA) is 53.6 Å². The van der Waals surface area contributed by atoms with Crippen molar-refractivity contribution in [2.75, 3.05) is 31.5 Å². The monoisotopic (exact) mass is 339 g/mol. The average Bonchev–Trinajstić information content (AvgIpc) is 2.64. The first-order chi connectivity index (χ1) is 12.2. The summed E-state index contributed by atoms with van der Waals surface area (Å²) in [6.45, 7) is 5.97. The first kappa shape index (κ1) is 17.5. The van der Waals surface area contributed by atoms with Gasteiger partial charge in [0.15, 0.2) is 0 Å². The Morgan fingerprint density at radius 3 is 2.60 bits per heavy atom. The van der Waals surface area contributed by atoms with Gasteiger partial charge in [0.25, 0.3) is 0 Å². The van der Waals surface area contributed by atoms with E-state index in [4.69, 9.17) is 4.74 Å². The zero-order chi connectivity index (χ0) is 17.5. The van der Waals surface area contributed by atoms with Gasteiger partial charge in [-0.15, -0.1) is 0 Å². The lowest BCUT2D eigenvalue weighted by Gasteiger charge is -2.33. The van der Waals surface area contributed by atoms with E-state index in [1.54, 1.807) is 0 Å². The number of ether oxygens (including phenoxy) is 1. The van der Waals surface area contributed by atoms with Gasteiger partial charge in [0.05, 0.1) is 0 Å². The van der Waals surface area contributed by atoms with Crippen molar-refractivity contribution in [1.29, 1.82) is 0 Å². The number of nitrogens with one attached hydrogen (secondary N) is 2. The van der Waals surface area contributed by atoms with Gasteiger partial charge in [-0.05, 0) is 43.3 Å². The molecule has 0 spiro atoms. The van der Waals surface area contributed by atoms with E-state index in [1.165, 1.54) is 0 Å². The summed E-state index contributed by atoms with van der Waals surface area (Å²) in [7, 11) is 0. The molecule has 5 nitrogen and oxygen atoms in total. The smallest absolute Gasteiger partial charge is 0.225 e. The molecule has 1 heterocycles. The Balaban J connectivity index is 1.46. The molecule has 1 fully saturated rings. The van der Waals surface area contributed by atoms with E-state index in [0.717, 1.165) is 43.4 Å². The van der Waals surface area contributed by atoms with Crippen LogP contribution in [0.3, 0.4) is 0 Å². The maximum absolute atomic E-state index is 12.2. The van der Waals surface area contributed by atoms with Gasteiger partial charge in [-0.3, -0.25) is 9.69 Å². The molecule has 1 atom stereocenters. The van der Waals surface area contributed by atoms with E-state index in [1.807, 2.05) is 54.6 Å². The average molecular weight is 339 g/mol. The second-order valence-corrected chi connectivity index (χ2v) is 6.33. The van der Waals surface area contributed by atoms with Crippen molar-refractivity contribution in [3.05, 3.63) is 54.6 Å². The normalized spacial score (nSPS) is 17.9. The Labute approximate surface area is 149 Å². The second-order valence-electron chi connectivity index (χ2n) is 6.33. The third kappa shape index (κ3) is 5.31. The van der Waals surface area contributed by atoms with E-state index < -0.39 is 0 Å². The lowest BCUT2D eigenvalue weighted by Crippen LogP contribution is -2.50. The first-order valence-corrected chi connectivity index (χ1v) is 8.78. The Bertz CT molecular complexity index is 673. The summed E-state index contributed by atoms with van der Waals surface area (Å²) in [5, 5.41) is 6.31. The number of carbonyl (C=O) groups excluding carboxylic acids is 1. The summed E-state index contributed by atoms with van der Waals surface area (Å²) in [6.07, 6.45) is 0.507. The molecule has 1 aliphatic heterocycles. The van der Waals surface area contributed by atoms with Crippen LogP contribution in [-0.4, -0.2) is 43.0 Å². The standard InChI is InChI=1S/C20H25N3O2/c1-16-15-21-12-14-23(16)13-11-20(24)22-17-7-9-19(10-8-17)25-18-5-3-2-4-6-18/h2-10,16,21H,11-15H2,1H3,(H,22,24)/t16-/m1/s1. The molecular formula is C20H25N3O2. The predicted octanol–water partition coefficient (Wildman–Crippen LogP) is 3.10. The van der Waals surface area contributed by atoms with Crippen molar-refractivity contribution in [3.63, 3.8) is 0 Å². The molecule has 0 unspecified atom stereocenters. The molecule has 5 heteroatoms. The molecule has 0 aromatic heterocycles. The maximum Gasteiger partial charge on any atom is 0.225 e. The van der Waals surface area contributed by atoms with E-state index in [0.29, 0.717) is 12.5 Å². The van der Waals surface area contributed by atoms with Crippen molar-refractivity contribution in [3.8, 4) is 11.5 Å². The number of nitrogens with zero attached hydrogens (tertiary/aromatic N) is 1. The summed E-state index contributed by atoms with van der Waals surface area (Å²) in [5.41, 5.74) is 0.791. The van der Waals surface area contributed by atoms with Crippen LogP contribution in [0.15, 0.2) is 54.6 Å². The molecule has 1 saturated heterocycles. The minimum atomic E-state index is 0.0439. The summed E-state index contributed by atoms with van der Waals surface area (Å²) >= 11 is 0. The Hall–Kier alpha value is -2.37. The van der Waals surface area contributed by atoms with Gasteiger partial charge in [-0.1, -0.05) is 18.2 Å². The van der Waals surface area contributed by atoms with Gasteiger partial charge in [0, 0.05) is 44.3 Å². The molecule has 132 valence electrons. The fourth-order valence-corrected chi connectivity index (χ4v) is 2.91. The van der Waals surface area contributed by atoms with Crippen molar-refractivity contribution in [2.24, 2.45) is 0 Å². The zero-order valence-corrected chi connectivity index (χ0v) is 14.6. The summed E-state index contributed by atoms with van der Waals surface area (Å²) in [4.78, 5) is 14.5. The van der Waals surface area contributed by atoms with Crippen molar-refractivity contribution < 1.29 is 9.53 Å². The van der Waals surface area contributed by atoms with Crippen molar-refractivity contribution >= 4 is 11.6 Å². The van der Waals surface area contributed by atoms with E-state index in [2.05, 4.69) is 22.5 Å². The first-order valence-electron chi connectivity index (χ1n) is 8.78. The van der Waals surface area contributed by atoms with Crippen LogP contribution < -0.4 is 15.4 Å². The molecule has 0 bridgehead atoms. The molecule has 2 aromatic rings. The van der Waals surface area contributed by atoms with Crippen LogP contribution in [0.25, 0.3) is 0 Å². The molecule has 25 heavy (non-hydrogen) atoms. The predicted molar refractivity (Wildman–Crippen MR) is 100 cm³/mol. The number of amides is 1. The van der Waals surface area contributed by atoms with Gasteiger partial charge >= 0.3 is 0 Å². The molecule has 1 amide bonds. The van der Waals surface area contributed by atoms with Crippen LogP contribution in [0.2, 0.25) is 0 Å². The lowest BCUT2D eigenvalue weighted by molar-refractivity contribution is -0.116. The lowest BCUT2D eigenvalue weighted by atomic mass is 10.2. The number of piperazine rings is 1. The number of anilines is 1. The number of para-hydroxylation sites is 1. The highest BCUT2D eigenvalue weighted by atomic mass is 16.5. The third-order valence-electron chi connectivity index (χ3n) is 4.38. The van der Waals surface area contributed by atoms with Crippen LogP contribution in [0.4, 0.5) is 5.69 Å². The fraction of sp³-hybridized carbons (Fsp3) is 0.350. The minimum absolute atomic E-state index is 0.0439. The van der Waals surface area contributed by atoms with E-state index >= 15 is 0 Å². The molecule has 0 aliphatic carbocycles. The molecule has 3 rings (SSSR count). The highest BCUT2D eigenvalue weighted by molar-refractivity contribution is 5.90. The van der Waals surface area contributed by atoms with Crippen LogP contribution in [-0.2, 0) is 4.79 Å². The van der Waals surface area contributed by atoms with Crippen LogP contribution in [0.1, 0.15) is 13.3 Å². The van der Waals surface area contributed by atoms with Gasteiger partial charge in [0.1, 0.15) is 11.5 Å². The van der Waals surface area contributed by atoms with Gasteiger partial charge in [-0.2, -0.15) is 0 Å². The summed E-state index contributed by atoms with van der Waals surface area (Å²) in [5.74, 6) is 1.59. The van der Waals surface area contributed by atoms with Crippen molar-refractivity contribution in [2.45, 2.75) is 19.4 Å². The summed E-state index contributed by atoms with van der Waals surface area (Å²) < 4.78 is 5.75. The largest absolute Gasteiger partial charge is 0.457 e. The fourth-order valence-electron chi connectivity index (χ4n) is 2.91. The maximum atomic E-state index is 12.2. The van der Waals surface area contributed by atoms with Crippen LogP contribution in [0, 0.1) is 0 Å². The minimum Gasteiger partial charge on any atom is -0.457 e. The van der Waals surface area contributed by atoms with Crippen molar-refractivity contribution in [1.82, 2.24) is 10.2 Å². The zero-order valence-electron chi connectivity index (χ0n) is 14.6. The summed E-state index contributed by atoms with van der Waals surface area (Å²) in [6, 6.07) is 17.6. The Morgan fingerprint density at radius 2 is 1.88 bits per heavy atom. The van der Waals surface area contributed by atoms with Crippen LogP contribution in [0.5, 0.6) is 11.5 Å². The van der Waals surface area contributed by atoms with Crippen LogP contribution >= 0.6 is 0 Å². The van der Waals surface area contributed by atoms with Gasteiger partial charge < -0.3 is 15.4 Å². The Morgan fingerprint density at radius 1 is 1.16 bits per heavy atom. The van der Waals surface area contributed by atoms with E-state index in [-0.39, 0.29) is 5.91 Å². The SMILES string of the molecule is C[C@@H]1CNCCN1CCC(=O)Nc1ccc(Oc2ccccc2)cc1. The number of rotatable bonds is 6. The quantitative estimate of drug-likeness (QED) is 0.849. The molecular weight excluding hydrogens is 314 g/mol. The molecule has 0 radical (unpaired) electrons. The van der Waals surface area contributed by atoms with Gasteiger partial charge in [-0.25, -0.2) is 0 Å². The molecule has 1 aliphatic rings. The highest BCUT2D eigenvalue weighted by Crippen LogP contribution is 2.22. The molecule has 0 saturated carbocycles. The Kier molecular flexibility index (Phi) is 6.04. The van der Waals surface area contributed by atoms with Gasteiger partial charge in [0.2, 0.25) is 5.91 Å². The molecule has 2 N–H and O–H groups in total. The van der Waals surface area contributed by atoms with E-state index in [9.17, 15) is 4.79 Å². The molecule has 2 aromatic carbocycles. The number of benzene rings is 2. The number of hydrogen-bond acceptors (Lipinski definition) is 4. The number of hydrogen-bond donors (Lipinski definition) is 2. The number of carbonyl (C=O) groups is 1. The third-order valence-corrected chi connectivity index (χ3v) is 4.38. The second kappa shape index (κ2) is 8.65.